The van der Waals surface area contributed by atoms with Gasteiger partial charge < -0.3 is 5.73 Å². The first-order valence-corrected chi connectivity index (χ1v) is 4.15. The van der Waals surface area contributed by atoms with Gasteiger partial charge in [0, 0.05) is 11.3 Å². The number of carbonyl (C=O) groups excluding carboxylic acids is 1. The molecule has 1 rings (SSSR count). The number of hydrogen-bond acceptors (Lipinski definition) is 3. The zero-order chi connectivity index (χ0) is 11.3. The van der Waals surface area contributed by atoms with Gasteiger partial charge in [-0.15, -0.1) is 0 Å². The van der Waals surface area contributed by atoms with E-state index in [4.69, 9.17) is 5.73 Å². The summed E-state index contributed by atoms with van der Waals surface area (Å²) in [7, 11) is 0. The van der Waals surface area contributed by atoms with Crippen LogP contribution in [0.5, 0.6) is 0 Å². The molecule has 0 unspecified atom stereocenters. The monoisotopic (exact) mass is 216 g/mol. The summed E-state index contributed by atoms with van der Waals surface area (Å²) in [6, 6.07) is 6.10. The third-order valence-electron chi connectivity index (χ3n) is 1.52. The molecule has 4 nitrogen and oxygen atoms in total. The van der Waals surface area contributed by atoms with Crippen LogP contribution < -0.4 is 11.2 Å². The highest BCUT2D eigenvalue weighted by molar-refractivity contribution is 5.94. The highest BCUT2D eigenvalue weighted by atomic mass is 19.3. The molecule has 3 N–H and O–H groups in total. The van der Waals surface area contributed by atoms with Crippen LogP contribution in [0.4, 0.5) is 14.5 Å². The Labute approximate surface area is 85.0 Å². The first-order valence-electron chi connectivity index (χ1n) is 4.15. The van der Waals surface area contributed by atoms with Crippen LogP contribution in [0.25, 0.3) is 0 Å². The topological polar surface area (TPSA) is 64.4 Å². The van der Waals surface area contributed by atoms with Gasteiger partial charge in [-0.2, -0.15) is 0 Å². The minimum Gasteiger partial charge on any atom is -0.399 e. The molecule has 0 bridgehead atoms. The highest BCUT2D eigenvalue weighted by Gasteiger charge is 2.07. The molecule has 0 aliphatic carbocycles. The number of alkyl halides is 2. The molecule has 0 aliphatic heterocycles. The number of nitrogens with one attached hydrogen (secondary N) is 1. The number of amides is 1. The van der Waals surface area contributed by atoms with Crippen molar-refractivity contribution in [3.63, 3.8) is 0 Å². The van der Waals surface area contributed by atoms with Crippen LogP contribution in [-0.2, 0) is 4.84 Å². The van der Waals surface area contributed by atoms with E-state index in [1.165, 1.54) is 12.1 Å². The summed E-state index contributed by atoms with van der Waals surface area (Å²) in [4.78, 5) is 15.5. The van der Waals surface area contributed by atoms with E-state index in [2.05, 4.69) is 4.84 Å². The predicted molar refractivity (Wildman–Crippen MR) is 50.3 cm³/mol. The normalized spacial score (nSPS) is 10.3. The zero-order valence-corrected chi connectivity index (χ0v) is 7.74. The van der Waals surface area contributed by atoms with E-state index in [-0.39, 0.29) is 5.56 Å². The molecule has 1 aromatic carbocycles. The third-order valence-corrected chi connectivity index (χ3v) is 1.52. The summed E-state index contributed by atoms with van der Waals surface area (Å²) < 4.78 is 23.3. The minimum atomic E-state index is -2.62. The summed E-state index contributed by atoms with van der Waals surface area (Å²) in [5, 5.41) is 0. The van der Waals surface area contributed by atoms with E-state index in [1.54, 1.807) is 12.1 Å². The van der Waals surface area contributed by atoms with Crippen molar-refractivity contribution in [2.24, 2.45) is 0 Å². The second-order valence-corrected chi connectivity index (χ2v) is 2.76. The maximum atomic E-state index is 11.7. The molecule has 0 aromatic heterocycles. The number of halogens is 2. The van der Waals surface area contributed by atoms with Crippen molar-refractivity contribution >= 4 is 11.6 Å². The molecule has 0 fully saturated rings. The Morgan fingerprint density at radius 3 is 2.87 bits per heavy atom. The first kappa shape index (κ1) is 11.4. The molecule has 0 heterocycles. The number of hydrogen-bond donors (Lipinski definition) is 2. The molecule has 1 aromatic rings. The van der Waals surface area contributed by atoms with Gasteiger partial charge in [0.1, 0.15) is 6.61 Å². The highest BCUT2D eigenvalue weighted by Crippen LogP contribution is 2.06. The summed E-state index contributed by atoms with van der Waals surface area (Å²) in [5.74, 6) is -0.608. The van der Waals surface area contributed by atoms with Crippen LogP contribution in [0.3, 0.4) is 0 Å². The van der Waals surface area contributed by atoms with Crippen molar-refractivity contribution < 1.29 is 18.4 Å². The number of nitrogens with two attached hydrogens (primary N) is 1. The fourth-order valence-corrected chi connectivity index (χ4v) is 0.909. The average Bonchev–Trinajstić information content (AvgIpc) is 2.17. The molecule has 6 heteroatoms. The lowest BCUT2D eigenvalue weighted by Crippen LogP contribution is -2.26. The number of rotatable bonds is 4. The Bertz CT molecular complexity index is 345. The van der Waals surface area contributed by atoms with E-state index in [0.717, 1.165) is 0 Å². The molecule has 0 atom stereocenters. The lowest BCUT2D eigenvalue weighted by atomic mass is 10.2. The van der Waals surface area contributed by atoms with Gasteiger partial charge in [0.15, 0.2) is 0 Å². The Morgan fingerprint density at radius 2 is 2.27 bits per heavy atom. The molecule has 0 saturated carbocycles. The van der Waals surface area contributed by atoms with Gasteiger partial charge in [-0.25, -0.2) is 14.3 Å². The van der Waals surface area contributed by atoms with Gasteiger partial charge in [-0.1, -0.05) is 6.07 Å². The molecule has 0 saturated heterocycles. The first-order chi connectivity index (χ1) is 7.09. The second kappa shape index (κ2) is 5.26. The van der Waals surface area contributed by atoms with Crippen LogP contribution in [0.15, 0.2) is 24.3 Å². The Balaban J connectivity index is 2.47. The van der Waals surface area contributed by atoms with Crippen molar-refractivity contribution in [3.05, 3.63) is 29.8 Å². The number of hydroxylamine groups is 1. The summed E-state index contributed by atoms with van der Waals surface area (Å²) in [5.41, 5.74) is 7.98. The van der Waals surface area contributed by atoms with Crippen LogP contribution in [-0.4, -0.2) is 18.9 Å². The SMILES string of the molecule is Nc1cccc(C(=O)NOCC(F)F)c1. The second-order valence-electron chi connectivity index (χ2n) is 2.76. The van der Waals surface area contributed by atoms with Crippen molar-refractivity contribution in [1.29, 1.82) is 0 Å². The fourth-order valence-electron chi connectivity index (χ4n) is 0.909. The van der Waals surface area contributed by atoms with Crippen molar-refractivity contribution in [1.82, 2.24) is 5.48 Å². The van der Waals surface area contributed by atoms with Crippen molar-refractivity contribution in [2.75, 3.05) is 12.3 Å². The van der Waals surface area contributed by atoms with Gasteiger partial charge in [0.05, 0.1) is 0 Å². The predicted octanol–water partition coefficient (Wildman–Crippen LogP) is 1.20. The Hall–Kier alpha value is -1.69. The van der Waals surface area contributed by atoms with E-state index in [1.807, 2.05) is 5.48 Å². The number of benzene rings is 1. The van der Waals surface area contributed by atoms with Crippen molar-refractivity contribution in [3.8, 4) is 0 Å². The van der Waals surface area contributed by atoms with Crippen LogP contribution >= 0.6 is 0 Å². The maximum Gasteiger partial charge on any atom is 0.274 e. The number of carbonyl (C=O) groups is 1. The lowest BCUT2D eigenvalue weighted by molar-refractivity contribution is -0.0252. The summed E-state index contributed by atoms with van der Waals surface area (Å²) in [6.07, 6.45) is -2.62. The van der Waals surface area contributed by atoms with Crippen molar-refractivity contribution in [2.45, 2.75) is 6.43 Å². The lowest BCUT2D eigenvalue weighted by Gasteiger charge is -2.05. The van der Waals surface area contributed by atoms with Gasteiger partial charge in [-0.05, 0) is 18.2 Å². The van der Waals surface area contributed by atoms with Crippen LogP contribution in [0, 0.1) is 0 Å². The number of nitrogen functional groups attached to an aromatic ring is 1. The van der Waals surface area contributed by atoms with E-state index in [9.17, 15) is 13.6 Å². The summed E-state index contributed by atoms with van der Waals surface area (Å²) >= 11 is 0. The molecule has 0 spiro atoms. The fraction of sp³-hybridized carbons (Fsp3) is 0.222. The van der Waals surface area contributed by atoms with Gasteiger partial charge in [0.25, 0.3) is 12.3 Å². The largest absolute Gasteiger partial charge is 0.399 e. The van der Waals surface area contributed by atoms with E-state index < -0.39 is 18.9 Å². The zero-order valence-electron chi connectivity index (χ0n) is 7.74. The Morgan fingerprint density at radius 1 is 1.53 bits per heavy atom. The Kier molecular flexibility index (Phi) is 3.99. The molecular weight excluding hydrogens is 206 g/mol. The molecule has 1 amide bonds. The summed E-state index contributed by atoms with van der Waals surface area (Å²) in [6.45, 7) is -0.839. The number of anilines is 1. The van der Waals surface area contributed by atoms with E-state index in [0.29, 0.717) is 5.69 Å². The van der Waals surface area contributed by atoms with Gasteiger partial charge in [0.2, 0.25) is 0 Å². The van der Waals surface area contributed by atoms with Gasteiger partial charge >= 0.3 is 0 Å². The van der Waals surface area contributed by atoms with E-state index >= 15 is 0 Å². The van der Waals surface area contributed by atoms with Crippen LogP contribution in [0.2, 0.25) is 0 Å². The average molecular weight is 216 g/mol. The van der Waals surface area contributed by atoms with Gasteiger partial charge in [-0.3, -0.25) is 9.63 Å². The standard InChI is InChI=1S/C9H10F2N2O2/c10-8(11)5-15-13-9(14)6-2-1-3-7(12)4-6/h1-4,8H,5,12H2,(H,13,14). The minimum absolute atomic E-state index is 0.254. The third kappa shape index (κ3) is 3.90. The molecule has 0 aliphatic rings. The molecular formula is C9H10F2N2O2. The molecule has 15 heavy (non-hydrogen) atoms. The quantitative estimate of drug-likeness (QED) is 0.587. The smallest absolute Gasteiger partial charge is 0.274 e. The molecule has 0 radical (unpaired) electrons. The van der Waals surface area contributed by atoms with Crippen LogP contribution in [0.1, 0.15) is 10.4 Å². The molecule has 82 valence electrons. The maximum absolute atomic E-state index is 11.7.